The molecular weight excluding hydrogens is 196 g/mol. The highest BCUT2D eigenvalue weighted by Crippen LogP contribution is 2.08. The second-order valence-corrected chi connectivity index (χ2v) is 5.00. The first kappa shape index (κ1) is 11.9. The molecule has 0 spiro atoms. The Bertz CT molecular complexity index is 187. The fourth-order valence-corrected chi connectivity index (χ4v) is 2.24. The molecule has 0 saturated carbocycles. The van der Waals surface area contributed by atoms with Gasteiger partial charge in [0, 0.05) is 13.6 Å². The molecule has 1 saturated heterocycles. The number of nitrogens with one attached hydrogen (secondary N) is 1. The molecule has 1 unspecified atom stereocenters. The molecule has 1 rings (SSSR count). The van der Waals surface area contributed by atoms with Crippen molar-refractivity contribution in [3.05, 3.63) is 0 Å². The zero-order chi connectivity index (χ0) is 10.4. The molecule has 0 aliphatic carbocycles. The molecule has 0 aromatic heterocycles. The normalized spacial score (nSPS) is 22.0. The second kappa shape index (κ2) is 6.30. The third kappa shape index (κ3) is 3.50. The Morgan fingerprint density at radius 1 is 1.64 bits per heavy atom. The third-order valence-corrected chi connectivity index (χ3v) is 3.47. The summed E-state index contributed by atoms with van der Waals surface area (Å²) in [7, 11) is 1.87. The van der Waals surface area contributed by atoms with Crippen LogP contribution < -0.4 is 5.32 Å². The van der Waals surface area contributed by atoms with E-state index >= 15 is 0 Å². The molecule has 0 bridgehead atoms. The molecule has 1 aliphatic rings. The summed E-state index contributed by atoms with van der Waals surface area (Å²) in [5.74, 6) is 2.64. The van der Waals surface area contributed by atoms with Crippen LogP contribution in [-0.2, 0) is 4.79 Å². The number of hydrogen-bond acceptors (Lipinski definition) is 3. The van der Waals surface area contributed by atoms with Crippen molar-refractivity contribution in [2.24, 2.45) is 0 Å². The van der Waals surface area contributed by atoms with Crippen molar-refractivity contribution in [3.8, 4) is 0 Å². The van der Waals surface area contributed by atoms with Gasteiger partial charge >= 0.3 is 0 Å². The van der Waals surface area contributed by atoms with Crippen LogP contribution in [0.1, 0.15) is 19.8 Å². The fourth-order valence-electron chi connectivity index (χ4n) is 1.61. The summed E-state index contributed by atoms with van der Waals surface area (Å²) >= 11 is 1.96. The highest BCUT2D eigenvalue weighted by Gasteiger charge is 2.27. The Morgan fingerprint density at radius 2 is 2.43 bits per heavy atom. The Kier molecular flexibility index (Phi) is 5.33. The highest BCUT2D eigenvalue weighted by molar-refractivity contribution is 7.99. The van der Waals surface area contributed by atoms with Crippen molar-refractivity contribution in [1.82, 2.24) is 10.2 Å². The van der Waals surface area contributed by atoms with Crippen molar-refractivity contribution in [3.63, 3.8) is 0 Å². The SMILES string of the molecule is CCSCCCNC1CCN(C)C1=O. The minimum atomic E-state index is 0.0895. The van der Waals surface area contributed by atoms with Gasteiger partial charge in [-0.1, -0.05) is 6.92 Å². The van der Waals surface area contributed by atoms with Crippen molar-refractivity contribution in [2.45, 2.75) is 25.8 Å². The molecule has 1 atom stereocenters. The maximum atomic E-state index is 11.5. The fraction of sp³-hybridized carbons (Fsp3) is 0.900. The number of hydrogen-bond donors (Lipinski definition) is 1. The van der Waals surface area contributed by atoms with Gasteiger partial charge in [0.15, 0.2) is 0 Å². The van der Waals surface area contributed by atoms with Crippen LogP contribution in [0.15, 0.2) is 0 Å². The predicted molar refractivity (Wildman–Crippen MR) is 61.7 cm³/mol. The average molecular weight is 216 g/mol. The van der Waals surface area contributed by atoms with Gasteiger partial charge in [-0.15, -0.1) is 0 Å². The maximum Gasteiger partial charge on any atom is 0.239 e. The lowest BCUT2D eigenvalue weighted by molar-refractivity contribution is -0.128. The molecule has 4 heteroatoms. The van der Waals surface area contributed by atoms with Gasteiger partial charge < -0.3 is 10.2 Å². The molecule has 1 aliphatic heterocycles. The molecule has 82 valence electrons. The summed E-state index contributed by atoms with van der Waals surface area (Å²) in [6.07, 6.45) is 2.13. The summed E-state index contributed by atoms with van der Waals surface area (Å²) < 4.78 is 0. The average Bonchev–Trinajstić information content (AvgIpc) is 2.49. The zero-order valence-electron chi connectivity index (χ0n) is 9.08. The molecule has 1 heterocycles. The maximum absolute atomic E-state index is 11.5. The summed E-state index contributed by atoms with van der Waals surface area (Å²) in [6, 6.07) is 0.0895. The molecule has 1 N–H and O–H groups in total. The quantitative estimate of drug-likeness (QED) is 0.671. The third-order valence-electron chi connectivity index (χ3n) is 2.49. The summed E-state index contributed by atoms with van der Waals surface area (Å²) in [4.78, 5) is 13.3. The van der Waals surface area contributed by atoms with E-state index in [1.54, 1.807) is 4.90 Å². The molecular formula is C10H20N2OS. The smallest absolute Gasteiger partial charge is 0.239 e. The van der Waals surface area contributed by atoms with Gasteiger partial charge in [0.05, 0.1) is 6.04 Å². The van der Waals surface area contributed by atoms with Crippen LogP contribution in [0.3, 0.4) is 0 Å². The van der Waals surface area contributed by atoms with Gasteiger partial charge in [0.25, 0.3) is 0 Å². The molecule has 1 fully saturated rings. The van der Waals surface area contributed by atoms with Gasteiger partial charge in [0.2, 0.25) is 5.91 Å². The number of rotatable bonds is 6. The van der Waals surface area contributed by atoms with Gasteiger partial charge in [-0.3, -0.25) is 4.79 Å². The van der Waals surface area contributed by atoms with E-state index in [9.17, 15) is 4.79 Å². The second-order valence-electron chi connectivity index (χ2n) is 3.61. The van der Waals surface area contributed by atoms with Crippen LogP contribution in [0.2, 0.25) is 0 Å². The first-order valence-corrected chi connectivity index (χ1v) is 6.47. The van der Waals surface area contributed by atoms with E-state index in [0.717, 1.165) is 25.9 Å². The summed E-state index contributed by atoms with van der Waals surface area (Å²) in [6.45, 7) is 4.05. The van der Waals surface area contributed by atoms with Crippen LogP contribution in [0.25, 0.3) is 0 Å². The van der Waals surface area contributed by atoms with Crippen LogP contribution >= 0.6 is 11.8 Å². The van der Waals surface area contributed by atoms with E-state index in [1.807, 2.05) is 18.8 Å². The van der Waals surface area contributed by atoms with E-state index in [-0.39, 0.29) is 11.9 Å². The number of likely N-dealkylation sites (tertiary alicyclic amines) is 1. The molecule has 1 amide bonds. The standard InChI is InChI=1S/C10H20N2OS/c1-3-14-8-4-6-11-9-5-7-12(2)10(9)13/h9,11H,3-8H2,1-2H3. The Labute approximate surface area is 90.6 Å². The first-order valence-electron chi connectivity index (χ1n) is 5.31. The number of carbonyl (C=O) groups excluding carboxylic acids is 1. The van der Waals surface area contributed by atoms with E-state index in [4.69, 9.17) is 0 Å². The van der Waals surface area contributed by atoms with Crippen LogP contribution in [0, 0.1) is 0 Å². The van der Waals surface area contributed by atoms with Crippen LogP contribution in [0.4, 0.5) is 0 Å². The Hall–Kier alpha value is -0.220. The minimum absolute atomic E-state index is 0.0895. The molecule has 3 nitrogen and oxygen atoms in total. The monoisotopic (exact) mass is 216 g/mol. The van der Waals surface area contributed by atoms with E-state index in [1.165, 1.54) is 11.5 Å². The van der Waals surface area contributed by atoms with Gasteiger partial charge in [-0.05, 0) is 30.9 Å². The van der Waals surface area contributed by atoms with E-state index < -0.39 is 0 Å². The van der Waals surface area contributed by atoms with Gasteiger partial charge in [-0.25, -0.2) is 0 Å². The number of amides is 1. The molecule has 0 radical (unpaired) electrons. The van der Waals surface area contributed by atoms with Gasteiger partial charge in [0.1, 0.15) is 0 Å². The number of carbonyl (C=O) groups is 1. The Balaban J connectivity index is 2.04. The summed E-state index contributed by atoms with van der Waals surface area (Å²) in [5, 5.41) is 3.32. The first-order chi connectivity index (χ1) is 6.75. The minimum Gasteiger partial charge on any atom is -0.344 e. The Morgan fingerprint density at radius 3 is 3.00 bits per heavy atom. The molecule has 0 aromatic carbocycles. The van der Waals surface area contributed by atoms with Crippen molar-refractivity contribution in [1.29, 1.82) is 0 Å². The van der Waals surface area contributed by atoms with Crippen molar-refractivity contribution < 1.29 is 4.79 Å². The highest BCUT2D eigenvalue weighted by atomic mass is 32.2. The lowest BCUT2D eigenvalue weighted by atomic mass is 10.2. The molecule has 0 aromatic rings. The topological polar surface area (TPSA) is 32.3 Å². The van der Waals surface area contributed by atoms with E-state index in [0.29, 0.717) is 0 Å². The predicted octanol–water partition coefficient (Wildman–Crippen LogP) is 0.950. The largest absolute Gasteiger partial charge is 0.344 e. The van der Waals surface area contributed by atoms with Crippen molar-refractivity contribution in [2.75, 3.05) is 31.6 Å². The number of nitrogens with zero attached hydrogens (tertiary/aromatic N) is 1. The lowest BCUT2D eigenvalue weighted by Gasteiger charge is -2.11. The summed E-state index contributed by atoms with van der Waals surface area (Å²) in [5.41, 5.74) is 0. The van der Waals surface area contributed by atoms with Crippen LogP contribution in [0.5, 0.6) is 0 Å². The molecule has 14 heavy (non-hydrogen) atoms. The lowest BCUT2D eigenvalue weighted by Crippen LogP contribution is -2.37. The zero-order valence-corrected chi connectivity index (χ0v) is 9.90. The number of thioether (sulfide) groups is 1. The van der Waals surface area contributed by atoms with Crippen LogP contribution in [-0.4, -0.2) is 48.5 Å². The number of likely N-dealkylation sites (N-methyl/N-ethyl adjacent to an activating group) is 1. The van der Waals surface area contributed by atoms with Crippen molar-refractivity contribution >= 4 is 17.7 Å². The van der Waals surface area contributed by atoms with Gasteiger partial charge in [-0.2, -0.15) is 11.8 Å². The van der Waals surface area contributed by atoms with E-state index in [2.05, 4.69) is 12.2 Å².